The van der Waals surface area contributed by atoms with Crippen molar-refractivity contribution in [2.75, 3.05) is 18.4 Å². The molecule has 0 radical (unpaired) electrons. The molecule has 0 atom stereocenters. The standard InChI is InChI=1S/C14H21ClN2O/c1-3-4-5-8-16-14(18)10-17-13-7-6-12(15)9-11(13)2/h6-7,9,17H,3-5,8,10H2,1-2H3,(H,16,18). The van der Waals surface area contributed by atoms with Crippen LogP contribution in [-0.4, -0.2) is 19.0 Å². The topological polar surface area (TPSA) is 41.1 Å². The van der Waals surface area contributed by atoms with E-state index < -0.39 is 0 Å². The largest absolute Gasteiger partial charge is 0.376 e. The van der Waals surface area contributed by atoms with Gasteiger partial charge in [0.15, 0.2) is 0 Å². The lowest BCUT2D eigenvalue weighted by atomic mass is 10.2. The Balaban J connectivity index is 2.29. The highest BCUT2D eigenvalue weighted by atomic mass is 35.5. The van der Waals surface area contributed by atoms with Gasteiger partial charge in [-0.05, 0) is 37.1 Å². The van der Waals surface area contributed by atoms with Gasteiger partial charge in [0.1, 0.15) is 0 Å². The predicted octanol–water partition coefficient (Wildman–Crippen LogP) is 3.37. The maximum absolute atomic E-state index is 11.6. The van der Waals surface area contributed by atoms with Crippen molar-refractivity contribution in [3.63, 3.8) is 0 Å². The van der Waals surface area contributed by atoms with Gasteiger partial charge in [-0.25, -0.2) is 0 Å². The first-order valence-electron chi connectivity index (χ1n) is 6.40. The van der Waals surface area contributed by atoms with Crippen LogP contribution in [0.3, 0.4) is 0 Å². The zero-order chi connectivity index (χ0) is 13.4. The maximum Gasteiger partial charge on any atom is 0.239 e. The fourth-order valence-corrected chi connectivity index (χ4v) is 1.89. The van der Waals surface area contributed by atoms with Crippen LogP contribution in [0.1, 0.15) is 31.7 Å². The molecule has 0 spiro atoms. The third-order valence-corrected chi connectivity index (χ3v) is 2.97. The van der Waals surface area contributed by atoms with E-state index in [4.69, 9.17) is 11.6 Å². The highest BCUT2D eigenvalue weighted by Gasteiger charge is 2.02. The van der Waals surface area contributed by atoms with Crippen molar-refractivity contribution in [1.82, 2.24) is 5.32 Å². The molecular formula is C14H21ClN2O. The number of rotatable bonds is 7. The number of benzene rings is 1. The molecular weight excluding hydrogens is 248 g/mol. The molecule has 0 aromatic heterocycles. The normalized spacial score (nSPS) is 10.2. The van der Waals surface area contributed by atoms with Gasteiger partial charge < -0.3 is 10.6 Å². The zero-order valence-electron chi connectivity index (χ0n) is 11.1. The summed E-state index contributed by atoms with van der Waals surface area (Å²) in [5.41, 5.74) is 1.99. The van der Waals surface area contributed by atoms with Crippen molar-refractivity contribution in [3.05, 3.63) is 28.8 Å². The molecule has 0 unspecified atom stereocenters. The van der Waals surface area contributed by atoms with Gasteiger partial charge in [0.2, 0.25) is 5.91 Å². The van der Waals surface area contributed by atoms with E-state index in [9.17, 15) is 4.79 Å². The van der Waals surface area contributed by atoms with E-state index in [0.717, 1.165) is 37.1 Å². The molecule has 0 saturated heterocycles. The molecule has 1 amide bonds. The molecule has 1 aromatic carbocycles. The van der Waals surface area contributed by atoms with Crippen LogP contribution < -0.4 is 10.6 Å². The van der Waals surface area contributed by atoms with Gasteiger partial charge in [0.05, 0.1) is 6.54 Å². The van der Waals surface area contributed by atoms with Gasteiger partial charge in [-0.2, -0.15) is 0 Å². The maximum atomic E-state index is 11.6. The van der Waals surface area contributed by atoms with Gasteiger partial charge in [0, 0.05) is 17.3 Å². The van der Waals surface area contributed by atoms with Crippen LogP contribution in [0.15, 0.2) is 18.2 Å². The average Bonchev–Trinajstić information content (AvgIpc) is 2.33. The summed E-state index contributed by atoms with van der Waals surface area (Å²) in [4.78, 5) is 11.6. The Hall–Kier alpha value is -1.22. The molecule has 0 aliphatic carbocycles. The summed E-state index contributed by atoms with van der Waals surface area (Å²) in [6.45, 7) is 5.17. The van der Waals surface area contributed by atoms with E-state index in [1.165, 1.54) is 0 Å². The fourth-order valence-electron chi connectivity index (χ4n) is 1.67. The highest BCUT2D eigenvalue weighted by Crippen LogP contribution is 2.19. The number of nitrogens with one attached hydrogen (secondary N) is 2. The van der Waals surface area contributed by atoms with Gasteiger partial charge in [-0.3, -0.25) is 4.79 Å². The van der Waals surface area contributed by atoms with Crippen molar-refractivity contribution in [1.29, 1.82) is 0 Å². The Morgan fingerprint density at radius 2 is 2.11 bits per heavy atom. The summed E-state index contributed by atoms with van der Waals surface area (Å²) >= 11 is 5.87. The van der Waals surface area contributed by atoms with Crippen molar-refractivity contribution < 1.29 is 4.79 Å². The van der Waals surface area contributed by atoms with Crippen LogP contribution in [-0.2, 0) is 4.79 Å². The molecule has 0 heterocycles. The van der Waals surface area contributed by atoms with E-state index in [-0.39, 0.29) is 5.91 Å². The lowest BCUT2D eigenvalue weighted by Crippen LogP contribution is -2.30. The number of hydrogen-bond acceptors (Lipinski definition) is 2. The quantitative estimate of drug-likeness (QED) is 0.745. The van der Waals surface area contributed by atoms with Crippen LogP contribution in [0.4, 0.5) is 5.69 Å². The molecule has 0 aliphatic rings. The Morgan fingerprint density at radius 1 is 1.33 bits per heavy atom. The van der Waals surface area contributed by atoms with Crippen LogP contribution >= 0.6 is 11.6 Å². The Labute approximate surface area is 114 Å². The first-order chi connectivity index (χ1) is 8.63. The molecule has 0 aliphatic heterocycles. The number of unbranched alkanes of at least 4 members (excludes halogenated alkanes) is 2. The summed E-state index contributed by atoms with van der Waals surface area (Å²) < 4.78 is 0. The second kappa shape index (κ2) is 7.98. The number of halogens is 1. The Kier molecular flexibility index (Phi) is 6.58. The van der Waals surface area contributed by atoms with Gasteiger partial charge in [-0.15, -0.1) is 0 Å². The van der Waals surface area contributed by atoms with Crippen LogP contribution in [0, 0.1) is 6.92 Å². The highest BCUT2D eigenvalue weighted by molar-refractivity contribution is 6.30. The van der Waals surface area contributed by atoms with Crippen LogP contribution in [0.25, 0.3) is 0 Å². The first kappa shape index (κ1) is 14.8. The van der Waals surface area contributed by atoms with Gasteiger partial charge in [-0.1, -0.05) is 31.4 Å². The minimum absolute atomic E-state index is 0.0282. The summed E-state index contributed by atoms with van der Waals surface area (Å²) in [5, 5.41) is 6.71. The number of aryl methyl sites for hydroxylation is 1. The number of carbonyl (C=O) groups is 1. The first-order valence-corrected chi connectivity index (χ1v) is 6.78. The second-order valence-corrected chi connectivity index (χ2v) is 4.81. The lowest BCUT2D eigenvalue weighted by Gasteiger charge is -2.10. The third-order valence-electron chi connectivity index (χ3n) is 2.73. The van der Waals surface area contributed by atoms with E-state index in [0.29, 0.717) is 11.6 Å². The average molecular weight is 269 g/mol. The lowest BCUT2D eigenvalue weighted by molar-refractivity contribution is -0.119. The number of anilines is 1. The van der Waals surface area contributed by atoms with Crippen molar-refractivity contribution in [3.8, 4) is 0 Å². The molecule has 100 valence electrons. The number of amides is 1. The molecule has 0 saturated carbocycles. The molecule has 1 rings (SSSR count). The molecule has 4 heteroatoms. The third kappa shape index (κ3) is 5.41. The van der Waals surface area contributed by atoms with E-state index >= 15 is 0 Å². The van der Waals surface area contributed by atoms with E-state index in [1.807, 2.05) is 25.1 Å². The SMILES string of the molecule is CCCCCNC(=O)CNc1ccc(Cl)cc1C. The van der Waals surface area contributed by atoms with E-state index in [1.54, 1.807) is 0 Å². The molecule has 0 fully saturated rings. The minimum atomic E-state index is 0.0282. The van der Waals surface area contributed by atoms with E-state index in [2.05, 4.69) is 17.6 Å². The number of hydrogen-bond donors (Lipinski definition) is 2. The van der Waals surface area contributed by atoms with Crippen molar-refractivity contribution >= 4 is 23.2 Å². The monoisotopic (exact) mass is 268 g/mol. The number of carbonyl (C=O) groups excluding carboxylic acids is 1. The van der Waals surface area contributed by atoms with Crippen molar-refractivity contribution in [2.45, 2.75) is 33.1 Å². The predicted molar refractivity (Wildman–Crippen MR) is 77.2 cm³/mol. The van der Waals surface area contributed by atoms with Gasteiger partial charge >= 0.3 is 0 Å². The Morgan fingerprint density at radius 3 is 2.78 bits per heavy atom. The molecule has 2 N–H and O–H groups in total. The summed E-state index contributed by atoms with van der Waals surface area (Å²) in [5.74, 6) is 0.0282. The van der Waals surface area contributed by atoms with Gasteiger partial charge in [0.25, 0.3) is 0 Å². The minimum Gasteiger partial charge on any atom is -0.376 e. The zero-order valence-corrected chi connectivity index (χ0v) is 11.8. The second-order valence-electron chi connectivity index (χ2n) is 4.37. The smallest absolute Gasteiger partial charge is 0.239 e. The summed E-state index contributed by atoms with van der Waals surface area (Å²) in [6, 6.07) is 5.58. The van der Waals surface area contributed by atoms with Crippen LogP contribution in [0.2, 0.25) is 5.02 Å². The molecule has 3 nitrogen and oxygen atoms in total. The fraction of sp³-hybridized carbons (Fsp3) is 0.500. The van der Waals surface area contributed by atoms with Crippen LogP contribution in [0.5, 0.6) is 0 Å². The van der Waals surface area contributed by atoms with Crippen molar-refractivity contribution in [2.24, 2.45) is 0 Å². The summed E-state index contributed by atoms with van der Waals surface area (Å²) in [6.07, 6.45) is 3.37. The molecule has 18 heavy (non-hydrogen) atoms. The molecule has 1 aromatic rings. The summed E-state index contributed by atoms with van der Waals surface area (Å²) in [7, 11) is 0. The molecule has 0 bridgehead atoms. The Bertz CT molecular complexity index is 393.